The zero-order valence-corrected chi connectivity index (χ0v) is 22.4. The van der Waals surface area contributed by atoms with Crippen LogP contribution in [0.4, 0.5) is 17.1 Å². The number of hydrogen-bond acceptors (Lipinski definition) is 6. The molecule has 1 atom stereocenters. The van der Waals surface area contributed by atoms with Crippen molar-refractivity contribution in [2.45, 2.75) is 25.2 Å². The number of rotatable bonds is 10. The van der Waals surface area contributed by atoms with Gasteiger partial charge in [0.25, 0.3) is 10.0 Å². The molecule has 200 valence electrons. The van der Waals surface area contributed by atoms with Crippen LogP contribution in [-0.2, 0) is 19.6 Å². The molecule has 3 aromatic carbocycles. The maximum atomic E-state index is 13.5. The van der Waals surface area contributed by atoms with E-state index in [0.29, 0.717) is 29.5 Å². The van der Waals surface area contributed by atoms with Crippen molar-refractivity contribution in [3.63, 3.8) is 0 Å². The first-order valence-electron chi connectivity index (χ1n) is 12.4. The third-order valence-corrected chi connectivity index (χ3v) is 8.20. The SMILES string of the molecule is CCOc1ccc(N2C[C@@H](C(=O)Nc3cc(S(=O)(=O)N(CC)c4ccccc4)ccc3OC)CC2=O)cc1. The second-order valence-corrected chi connectivity index (χ2v) is 10.6. The molecule has 0 saturated carbocycles. The molecule has 4 rings (SSSR count). The van der Waals surface area contributed by atoms with Crippen LogP contribution >= 0.6 is 0 Å². The van der Waals surface area contributed by atoms with Crippen LogP contribution in [0.5, 0.6) is 11.5 Å². The van der Waals surface area contributed by atoms with E-state index in [1.165, 1.54) is 29.6 Å². The lowest BCUT2D eigenvalue weighted by Gasteiger charge is -2.23. The molecule has 2 amide bonds. The highest BCUT2D eigenvalue weighted by atomic mass is 32.2. The smallest absolute Gasteiger partial charge is 0.264 e. The molecule has 0 aromatic heterocycles. The molecule has 0 bridgehead atoms. The predicted octanol–water partition coefficient (Wildman–Crippen LogP) is 4.30. The number of benzene rings is 3. The van der Waals surface area contributed by atoms with Crippen LogP contribution in [0.15, 0.2) is 77.7 Å². The lowest BCUT2D eigenvalue weighted by molar-refractivity contribution is -0.122. The molecule has 0 radical (unpaired) electrons. The van der Waals surface area contributed by atoms with E-state index in [2.05, 4.69) is 5.32 Å². The molecule has 1 N–H and O–H groups in total. The Morgan fingerprint density at radius 2 is 1.76 bits per heavy atom. The normalized spacial score (nSPS) is 15.3. The summed E-state index contributed by atoms with van der Waals surface area (Å²) in [6, 6.07) is 20.3. The minimum Gasteiger partial charge on any atom is -0.495 e. The molecule has 9 nitrogen and oxygen atoms in total. The van der Waals surface area contributed by atoms with Gasteiger partial charge >= 0.3 is 0 Å². The molecule has 38 heavy (non-hydrogen) atoms. The Morgan fingerprint density at radius 1 is 1.05 bits per heavy atom. The zero-order chi connectivity index (χ0) is 27.3. The molecule has 0 aliphatic carbocycles. The molecule has 0 spiro atoms. The molecule has 0 unspecified atom stereocenters. The Kier molecular flexibility index (Phi) is 8.21. The summed E-state index contributed by atoms with van der Waals surface area (Å²) in [5.74, 6) is -0.162. The van der Waals surface area contributed by atoms with Gasteiger partial charge in [-0.3, -0.25) is 13.9 Å². The molecule has 1 fully saturated rings. The van der Waals surface area contributed by atoms with Crippen LogP contribution in [0.3, 0.4) is 0 Å². The van der Waals surface area contributed by atoms with Crippen molar-refractivity contribution in [1.29, 1.82) is 0 Å². The topological polar surface area (TPSA) is 105 Å². The Bertz CT molecular complexity index is 1390. The number of carbonyl (C=O) groups is 2. The maximum absolute atomic E-state index is 13.5. The van der Waals surface area contributed by atoms with E-state index in [1.54, 1.807) is 60.4 Å². The number of hydrogen-bond donors (Lipinski definition) is 1. The summed E-state index contributed by atoms with van der Waals surface area (Å²) in [6.45, 7) is 4.62. The summed E-state index contributed by atoms with van der Waals surface area (Å²) in [6.07, 6.45) is 0.0387. The first kappa shape index (κ1) is 27.0. The van der Waals surface area contributed by atoms with Gasteiger partial charge in [0, 0.05) is 25.2 Å². The van der Waals surface area contributed by atoms with Crippen molar-refractivity contribution in [3.8, 4) is 11.5 Å². The predicted molar refractivity (Wildman–Crippen MR) is 146 cm³/mol. The fraction of sp³-hybridized carbons (Fsp3) is 0.286. The van der Waals surface area contributed by atoms with Gasteiger partial charge in [0.1, 0.15) is 11.5 Å². The number of sulfonamides is 1. The molecule has 10 heteroatoms. The quantitative estimate of drug-likeness (QED) is 0.414. The number of methoxy groups -OCH3 is 1. The molecular formula is C28H31N3O6S. The largest absolute Gasteiger partial charge is 0.495 e. The van der Waals surface area contributed by atoms with Gasteiger partial charge in [0.15, 0.2) is 0 Å². The van der Waals surface area contributed by atoms with Crippen molar-refractivity contribution in [1.82, 2.24) is 0 Å². The zero-order valence-electron chi connectivity index (χ0n) is 21.6. The number of anilines is 3. The van der Waals surface area contributed by atoms with E-state index in [9.17, 15) is 18.0 Å². The second kappa shape index (κ2) is 11.6. The van der Waals surface area contributed by atoms with E-state index in [1.807, 2.05) is 13.0 Å². The van der Waals surface area contributed by atoms with E-state index >= 15 is 0 Å². The molecule has 1 saturated heterocycles. The third-order valence-electron chi connectivity index (χ3n) is 6.30. The minimum atomic E-state index is -3.91. The third kappa shape index (κ3) is 5.60. The van der Waals surface area contributed by atoms with Crippen molar-refractivity contribution in [2.75, 3.05) is 41.3 Å². The van der Waals surface area contributed by atoms with Crippen LogP contribution in [-0.4, -0.2) is 47.0 Å². The second-order valence-electron chi connectivity index (χ2n) is 8.69. The van der Waals surface area contributed by atoms with E-state index < -0.39 is 21.8 Å². The van der Waals surface area contributed by atoms with Crippen LogP contribution in [0, 0.1) is 5.92 Å². The highest BCUT2D eigenvalue weighted by Gasteiger charge is 2.35. The Labute approximate surface area is 223 Å². The monoisotopic (exact) mass is 537 g/mol. The summed E-state index contributed by atoms with van der Waals surface area (Å²) >= 11 is 0. The van der Waals surface area contributed by atoms with Crippen molar-refractivity contribution < 1.29 is 27.5 Å². The Balaban J connectivity index is 1.54. The van der Waals surface area contributed by atoms with Crippen LogP contribution in [0.25, 0.3) is 0 Å². The molecular weight excluding hydrogens is 506 g/mol. The lowest BCUT2D eigenvalue weighted by atomic mass is 10.1. The number of carbonyl (C=O) groups excluding carboxylic acids is 2. The van der Waals surface area contributed by atoms with Gasteiger partial charge in [0.2, 0.25) is 11.8 Å². The summed E-state index contributed by atoms with van der Waals surface area (Å²) in [7, 11) is -2.48. The van der Waals surface area contributed by atoms with Crippen molar-refractivity contribution in [2.24, 2.45) is 5.92 Å². The summed E-state index contributed by atoms with van der Waals surface area (Å²) in [4.78, 5) is 27.5. The molecule has 3 aromatic rings. The summed E-state index contributed by atoms with van der Waals surface area (Å²) in [5.41, 5.74) is 1.44. The van der Waals surface area contributed by atoms with Crippen LogP contribution in [0.1, 0.15) is 20.3 Å². The van der Waals surface area contributed by atoms with E-state index in [-0.39, 0.29) is 36.0 Å². The van der Waals surface area contributed by atoms with Crippen molar-refractivity contribution >= 4 is 38.9 Å². The number of ether oxygens (including phenoxy) is 2. The Hall–Kier alpha value is -4.05. The maximum Gasteiger partial charge on any atom is 0.264 e. The molecule has 1 aliphatic heterocycles. The minimum absolute atomic E-state index is 0.0119. The fourth-order valence-corrected chi connectivity index (χ4v) is 5.91. The van der Waals surface area contributed by atoms with E-state index in [4.69, 9.17) is 9.47 Å². The van der Waals surface area contributed by atoms with Crippen LogP contribution < -0.4 is 24.0 Å². The number of para-hydroxylation sites is 1. The first-order chi connectivity index (χ1) is 18.3. The average molecular weight is 538 g/mol. The van der Waals surface area contributed by atoms with Gasteiger partial charge < -0.3 is 19.7 Å². The molecule has 1 heterocycles. The lowest BCUT2D eigenvalue weighted by Crippen LogP contribution is -2.31. The number of nitrogens with one attached hydrogen (secondary N) is 1. The van der Waals surface area contributed by atoms with E-state index in [0.717, 1.165) is 0 Å². The van der Waals surface area contributed by atoms with Gasteiger partial charge in [-0.1, -0.05) is 18.2 Å². The van der Waals surface area contributed by atoms with Crippen LogP contribution in [0.2, 0.25) is 0 Å². The van der Waals surface area contributed by atoms with Gasteiger partial charge in [-0.2, -0.15) is 0 Å². The first-order valence-corrected chi connectivity index (χ1v) is 13.8. The van der Waals surface area contributed by atoms with Crippen molar-refractivity contribution in [3.05, 3.63) is 72.8 Å². The van der Waals surface area contributed by atoms with Gasteiger partial charge in [-0.25, -0.2) is 8.42 Å². The highest BCUT2D eigenvalue weighted by Crippen LogP contribution is 2.33. The summed E-state index contributed by atoms with van der Waals surface area (Å²) < 4.78 is 39.1. The van der Waals surface area contributed by atoms with Gasteiger partial charge in [-0.15, -0.1) is 0 Å². The summed E-state index contributed by atoms with van der Waals surface area (Å²) in [5, 5.41) is 2.79. The van der Waals surface area contributed by atoms with Gasteiger partial charge in [-0.05, 0) is 68.4 Å². The fourth-order valence-electron chi connectivity index (χ4n) is 4.41. The number of amides is 2. The highest BCUT2D eigenvalue weighted by molar-refractivity contribution is 7.92. The average Bonchev–Trinajstić information content (AvgIpc) is 3.32. The van der Waals surface area contributed by atoms with Gasteiger partial charge in [0.05, 0.1) is 35.9 Å². The molecule has 1 aliphatic rings. The number of nitrogens with zero attached hydrogens (tertiary/aromatic N) is 2. The Morgan fingerprint density at radius 3 is 2.39 bits per heavy atom. The standard InChI is InChI=1S/C28H31N3O6S/c1-4-31(22-9-7-6-8-10-22)38(34,35)24-15-16-26(36-3)25(18-24)29-28(33)20-17-27(32)30(19-20)21-11-13-23(14-12-21)37-5-2/h6-16,18,20H,4-5,17,19H2,1-3H3,(H,29,33)/t20-/m0/s1.